The monoisotopic (exact) mass is 371 g/mol. The van der Waals surface area contributed by atoms with Crippen LogP contribution in [0.3, 0.4) is 0 Å². The van der Waals surface area contributed by atoms with Crippen LogP contribution in [0.1, 0.15) is 36.4 Å². The van der Waals surface area contributed by atoms with Crippen LogP contribution in [0.5, 0.6) is 0 Å². The number of hydrogen-bond acceptors (Lipinski definition) is 3. The molecule has 6 heteroatoms. The Balaban J connectivity index is 1.96. The van der Waals surface area contributed by atoms with Crippen LogP contribution in [-0.2, 0) is 29.0 Å². The topological polar surface area (TPSA) is 84.2 Å². The summed E-state index contributed by atoms with van der Waals surface area (Å²) in [6.07, 6.45) is 0.605. The van der Waals surface area contributed by atoms with Crippen LogP contribution in [0.4, 0.5) is 0 Å². The van der Waals surface area contributed by atoms with Gasteiger partial charge >= 0.3 is 5.97 Å². The normalized spacial score (nSPS) is 12.2. The van der Waals surface area contributed by atoms with Gasteiger partial charge in [-0.1, -0.05) is 44.2 Å². The quantitative estimate of drug-likeness (QED) is 0.710. The molecule has 6 nitrogen and oxygen atoms in total. The second-order valence-corrected chi connectivity index (χ2v) is 7.43. The maximum absolute atomic E-state index is 12.4. The Kier molecular flexibility index (Phi) is 7.16. The SMILES string of the molecule is Cc1nn(CC(C)C)c(C)c1CC(=O)NCC(Cc1ccccc1)C(=O)O. The third kappa shape index (κ3) is 5.94. The van der Waals surface area contributed by atoms with Gasteiger partial charge in [0.25, 0.3) is 0 Å². The predicted molar refractivity (Wildman–Crippen MR) is 105 cm³/mol. The fourth-order valence-electron chi connectivity index (χ4n) is 3.12. The summed E-state index contributed by atoms with van der Waals surface area (Å²) >= 11 is 0. The van der Waals surface area contributed by atoms with Crippen LogP contribution in [0.25, 0.3) is 0 Å². The summed E-state index contributed by atoms with van der Waals surface area (Å²) in [5.74, 6) is -1.26. The number of carboxylic acids is 1. The summed E-state index contributed by atoms with van der Waals surface area (Å²) in [5.41, 5.74) is 3.71. The molecule has 1 heterocycles. The van der Waals surface area contributed by atoms with E-state index >= 15 is 0 Å². The highest BCUT2D eigenvalue weighted by Crippen LogP contribution is 2.15. The molecule has 0 radical (unpaired) electrons. The number of hydrogen-bond donors (Lipinski definition) is 2. The van der Waals surface area contributed by atoms with Crippen LogP contribution < -0.4 is 5.32 Å². The van der Waals surface area contributed by atoms with E-state index in [4.69, 9.17) is 0 Å². The van der Waals surface area contributed by atoms with Gasteiger partial charge in [0.15, 0.2) is 0 Å². The second-order valence-electron chi connectivity index (χ2n) is 7.43. The van der Waals surface area contributed by atoms with Crippen LogP contribution in [0.2, 0.25) is 0 Å². The molecule has 1 amide bonds. The smallest absolute Gasteiger partial charge is 0.308 e. The molecule has 0 saturated carbocycles. The Bertz CT molecular complexity index is 781. The summed E-state index contributed by atoms with van der Waals surface area (Å²) in [6, 6.07) is 9.45. The van der Waals surface area contributed by atoms with Gasteiger partial charge in [-0.15, -0.1) is 0 Å². The molecule has 27 heavy (non-hydrogen) atoms. The largest absolute Gasteiger partial charge is 0.481 e. The number of benzene rings is 1. The molecule has 0 bridgehead atoms. The van der Waals surface area contributed by atoms with E-state index in [1.807, 2.05) is 48.9 Å². The van der Waals surface area contributed by atoms with E-state index < -0.39 is 11.9 Å². The molecule has 1 unspecified atom stereocenters. The number of carbonyl (C=O) groups is 2. The van der Waals surface area contributed by atoms with Crippen LogP contribution in [0.15, 0.2) is 30.3 Å². The molecule has 0 aliphatic rings. The van der Waals surface area contributed by atoms with Gasteiger partial charge in [-0.2, -0.15) is 5.10 Å². The van der Waals surface area contributed by atoms with Crippen molar-refractivity contribution in [3.63, 3.8) is 0 Å². The molecular weight excluding hydrogens is 342 g/mol. The molecule has 0 aliphatic carbocycles. The number of aromatic nitrogens is 2. The molecule has 0 spiro atoms. The summed E-state index contributed by atoms with van der Waals surface area (Å²) in [5, 5.41) is 16.8. The maximum Gasteiger partial charge on any atom is 0.308 e. The molecule has 0 saturated heterocycles. The van der Waals surface area contributed by atoms with Gasteiger partial charge in [0.2, 0.25) is 5.91 Å². The molecule has 0 fully saturated rings. The van der Waals surface area contributed by atoms with E-state index in [1.54, 1.807) is 0 Å². The van der Waals surface area contributed by atoms with Crippen LogP contribution in [0, 0.1) is 25.7 Å². The van der Waals surface area contributed by atoms with Crippen molar-refractivity contribution in [2.45, 2.75) is 47.1 Å². The van der Waals surface area contributed by atoms with E-state index in [2.05, 4.69) is 24.3 Å². The van der Waals surface area contributed by atoms with E-state index in [0.717, 1.165) is 29.1 Å². The molecule has 2 rings (SSSR count). The third-order valence-corrected chi connectivity index (χ3v) is 4.63. The number of carbonyl (C=O) groups excluding carboxylic acids is 1. The number of carboxylic acid groups (broad SMARTS) is 1. The summed E-state index contributed by atoms with van der Waals surface area (Å²) in [6.45, 7) is 9.05. The van der Waals surface area contributed by atoms with Gasteiger partial charge in [-0.25, -0.2) is 0 Å². The molecule has 2 N–H and O–H groups in total. The molecule has 1 atom stereocenters. The Morgan fingerprint density at radius 3 is 2.44 bits per heavy atom. The maximum atomic E-state index is 12.4. The molecule has 0 aliphatic heterocycles. The van der Waals surface area contributed by atoms with Gasteiger partial charge in [0, 0.05) is 24.3 Å². The standard InChI is InChI=1S/C21H29N3O3/c1-14(2)13-24-16(4)19(15(3)23-24)11-20(25)22-12-18(21(26)27)10-17-8-6-5-7-9-17/h5-9,14,18H,10-13H2,1-4H3,(H,22,25)(H,26,27). The number of nitrogens with one attached hydrogen (secondary N) is 1. The van der Waals surface area contributed by atoms with Gasteiger partial charge in [0.1, 0.15) is 0 Å². The van der Waals surface area contributed by atoms with E-state index in [0.29, 0.717) is 12.3 Å². The minimum atomic E-state index is -0.906. The van der Waals surface area contributed by atoms with Crippen LogP contribution >= 0.6 is 0 Å². The average molecular weight is 371 g/mol. The summed E-state index contributed by atoms with van der Waals surface area (Å²) < 4.78 is 1.94. The predicted octanol–water partition coefficient (Wildman–Crippen LogP) is 2.76. The van der Waals surface area contributed by atoms with Crippen molar-refractivity contribution in [2.24, 2.45) is 11.8 Å². The fourth-order valence-corrected chi connectivity index (χ4v) is 3.12. The Hall–Kier alpha value is -2.63. The number of amides is 1. The third-order valence-electron chi connectivity index (χ3n) is 4.63. The van der Waals surface area contributed by atoms with E-state index in [-0.39, 0.29) is 18.9 Å². The Morgan fingerprint density at radius 1 is 1.19 bits per heavy atom. The molecule has 1 aromatic heterocycles. The zero-order chi connectivity index (χ0) is 20.0. The number of nitrogens with zero attached hydrogens (tertiary/aromatic N) is 2. The highest BCUT2D eigenvalue weighted by molar-refractivity contribution is 5.80. The molecular formula is C21H29N3O3. The van der Waals surface area contributed by atoms with Crippen molar-refractivity contribution in [1.82, 2.24) is 15.1 Å². The van der Waals surface area contributed by atoms with Crippen molar-refractivity contribution in [2.75, 3.05) is 6.54 Å². The van der Waals surface area contributed by atoms with Crippen LogP contribution in [-0.4, -0.2) is 33.3 Å². The van der Waals surface area contributed by atoms with Gasteiger partial charge in [-0.3, -0.25) is 14.3 Å². The first-order valence-corrected chi connectivity index (χ1v) is 9.34. The van der Waals surface area contributed by atoms with Crippen molar-refractivity contribution in [3.05, 3.63) is 52.8 Å². The second kappa shape index (κ2) is 9.35. The molecule has 146 valence electrons. The molecule has 1 aromatic carbocycles. The lowest BCUT2D eigenvalue weighted by Gasteiger charge is -2.14. The molecule has 2 aromatic rings. The van der Waals surface area contributed by atoms with Gasteiger partial charge < -0.3 is 10.4 Å². The van der Waals surface area contributed by atoms with Crippen molar-refractivity contribution in [1.29, 1.82) is 0 Å². The zero-order valence-corrected chi connectivity index (χ0v) is 16.5. The first kappa shape index (κ1) is 20.7. The van der Waals surface area contributed by atoms with Gasteiger partial charge in [-0.05, 0) is 31.7 Å². The Labute approximate surface area is 160 Å². The minimum absolute atomic E-state index is 0.112. The first-order valence-electron chi connectivity index (χ1n) is 9.34. The highest BCUT2D eigenvalue weighted by Gasteiger charge is 2.20. The number of rotatable bonds is 9. The van der Waals surface area contributed by atoms with E-state index in [9.17, 15) is 14.7 Å². The number of aryl methyl sites for hydroxylation is 1. The van der Waals surface area contributed by atoms with Gasteiger partial charge in [0.05, 0.1) is 18.0 Å². The first-order chi connectivity index (χ1) is 12.8. The zero-order valence-electron chi connectivity index (χ0n) is 16.5. The number of aliphatic carboxylic acids is 1. The minimum Gasteiger partial charge on any atom is -0.481 e. The fraction of sp³-hybridized carbons (Fsp3) is 0.476. The van der Waals surface area contributed by atoms with Crippen molar-refractivity contribution >= 4 is 11.9 Å². The van der Waals surface area contributed by atoms with Crippen molar-refractivity contribution in [3.8, 4) is 0 Å². The average Bonchev–Trinajstić information content (AvgIpc) is 2.86. The summed E-state index contributed by atoms with van der Waals surface area (Å²) in [7, 11) is 0. The Morgan fingerprint density at radius 2 is 1.85 bits per heavy atom. The lowest BCUT2D eigenvalue weighted by Crippen LogP contribution is -2.35. The highest BCUT2D eigenvalue weighted by atomic mass is 16.4. The van der Waals surface area contributed by atoms with E-state index in [1.165, 1.54) is 0 Å². The lowest BCUT2D eigenvalue weighted by atomic mass is 9.99. The van der Waals surface area contributed by atoms with Crippen molar-refractivity contribution < 1.29 is 14.7 Å². The lowest BCUT2D eigenvalue weighted by molar-refractivity contribution is -0.141. The summed E-state index contributed by atoms with van der Waals surface area (Å²) in [4.78, 5) is 23.9.